The Morgan fingerprint density at radius 3 is 2.71 bits per heavy atom. The second-order valence-corrected chi connectivity index (χ2v) is 4.87. The van der Waals surface area contributed by atoms with Crippen LogP contribution in [0.4, 0.5) is 19.7 Å². The highest BCUT2D eigenvalue weighted by molar-refractivity contribution is 5.89. The van der Waals surface area contributed by atoms with Crippen molar-refractivity contribution in [3.63, 3.8) is 0 Å². The van der Waals surface area contributed by atoms with E-state index in [0.29, 0.717) is 31.7 Å². The Bertz CT molecular complexity index is 506. The third-order valence-electron chi connectivity index (χ3n) is 3.24. The Kier molecular flexibility index (Phi) is 4.97. The first-order chi connectivity index (χ1) is 10.1. The zero-order valence-electron chi connectivity index (χ0n) is 11.9. The molecule has 1 atom stereocenters. The van der Waals surface area contributed by atoms with Gasteiger partial charge in [0, 0.05) is 31.4 Å². The lowest BCUT2D eigenvalue weighted by Crippen LogP contribution is -2.43. The molecule has 1 fully saturated rings. The molecule has 0 spiro atoms. The standard InChI is InChI=1S/C14H19FN4O2/c1-2-16-14(21)19-8-7-12(9-19)18-13(20)17-11-5-3-10(15)4-6-11/h3-6,12H,2,7-9H2,1H3,(H,16,21)(H2,17,18,20)/t12-/m1/s1. The van der Waals surface area contributed by atoms with Gasteiger partial charge in [0.1, 0.15) is 5.82 Å². The molecule has 1 aliphatic rings. The van der Waals surface area contributed by atoms with E-state index in [0.717, 1.165) is 0 Å². The molecule has 1 aromatic carbocycles. The average molecular weight is 294 g/mol. The molecule has 0 radical (unpaired) electrons. The molecule has 1 aromatic rings. The fourth-order valence-electron chi connectivity index (χ4n) is 2.21. The molecular weight excluding hydrogens is 275 g/mol. The Labute approximate surface area is 122 Å². The van der Waals surface area contributed by atoms with Gasteiger partial charge < -0.3 is 20.9 Å². The predicted molar refractivity (Wildman–Crippen MR) is 77.6 cm³/mol. The van der Waals surface area contributed by atoms with Gasteiger partial charge in [0.05, 0.1) is 0 Å². The highest BCUT2D eigenvalue weighted by Gasteiger charge is 2.26. The normalized spacial score (nSPS) is 17.4. The first kappa shape index (κ1) is 15.1. The van der Waals surface area contributed by atoms with Crippen molar-refractivity contribution in [1.82, 2.24) is 15.5 Å². The van der Waals surface area contributed by atoms with Crippen molar-refractivity contribution in [1.29, 1.82) is 0 Å². The van der Waals surface area contributed by atoms with Crippen LogP contribution in [0.2, 0.25) is 0 Å². The number of benzene rings is 1. The van der Waals surface area contributed by atoms with E-state index in [2.05, 4.69) is 16.0 Å². The summed E-state index contributed by atoms with van der Waals surface area (Å²) in [6.45, 7) is 3.55. The number of carbonyl (C=O) groups is 2. The van der Waals surface area contributed by atoms with E-state index in [1.54, 1.807) is 4.90 Å². The molecule has 114 valence electrons. The zero-order chi connectivity index (χ0) is 15.2. The van der Waals surface area contributed by atoms with Crippen molar-refractivity contribution < 1.29 is 14.0 Å². The number of hydrogen-bond donors (Lipinski definition) is 3. The highest BCUT2D eigenvalue weighted by atomic mass is 19.1. The van der Waals surface area contributed by atoms with Gasteiger partial charge in [-0.05, 0) is 37.6 Å². The van der Waals surface area contributed by atoms with Crippen LogP contribution >= 0.6 is 0 Å². The SMILES string of the molecule is CCNC(=O)N1CC[C@@H](NC(=O)Nc2ccc(F)cc2)C1. The number of nitrogens with one attached hydrogen (secondary N) is 3. The number of nitrogens with zero attached hydrogens (tertiary/aromatic N) is 1. The number of halogens is 1. The summed E-state index contributed by atoms with van der Waals surface area (Å²) in [6, 6.07) is 5.00. The van der Waals surface area contributed by atoms with Crippen molar-refractivity contribution in [2.45, 2.75) is 19.4 Å². The summed E-state index contributed by atoms with van der Waals surface area (Å²) in [5, 5.41) is 8.16. The van der Waals surface area contributed by atoms with Crippen LogP contribution < -0.4 is 16.0 Å². The summed E-state index contributed by atoms with van der Waals surface area (Å²) in [4.78, 5) is 25.1. The number of carbonyl (C=O) groups excluding carboxylic acids is 2. The second kappa shape index (κ2) is 6.92. The maximum atomic E-state index is 12.8. The van der Waals surface area contributed by atoms with Crippen LogP contribution in [0.3, 0.4) is 0 Å². The van der Waals surface area contributed by atoms with Crippen LogP contribution in [0, 0.1) is 5.82 Å². The molecule has 6 nitrogen and oxygen atoms in total. The van der Waals surface area contributed by atoms with Gasteiger partial charge in [0.25, 0.3) is 0 Å². The Balaban J connectivity index is 1.78. The molecule has 0 saturated carbocycles. The molecule has 0 bridgehead atoms. The van der Waals surface area contributed by atoms with E-state index in [1.807, 2.05) is 6.92 Å². The number of urea groups is 2. The van der Waals surface area contributed by atoms with E-state index in [9.17, 15) is 14.0 Å². The van der Waals surface area contributed by atoms with Crippen LogP contribution in [0.25, 0.3) is 0 Å². The van der Waals surface area contributed by atoms with E-state index in [4.69, 9.17) is 0 Å². The molecule has 4 amide bonds. The summed E-state index contributed by atoms with van der Waals surface area (Å²) in [6.07, 6.45) is 0.716. The molecule has 1 saturated heterocycles. The van der Waals surface area contributed by atoms with Gasteiger partial charge in [-0.2, -0.15) is 0 Å². The van der Waals surface area contributed by atoms with Crippen LogP contribution in [0.5, 0.6) is 0 Å². The molecule has 7 heteroatoms. The van der Waals surface area contributed by atoms with Crippen molar-refractivity contribution in [3.8, 4) is 0 Å². The Morgan fingerprint density at radius 1 is 1.33 bits per heavy atom. The summed E-state index contributed by atoms with van der Waals surface area (Å²) < 4.78 is 12.8. The van der Waals surface area contributed by atoms with Crippen LogP contribution in [0.15, 0.2) is 24.3 Å². The third-order valence-corrected chi connectivity index (χ3v) is 3.24. The largest absolute Gasteiger partial charge is 0.338 e. The summed E-state index contributed by atoms with van der Waals surface area (Å²) in [7, 11) is 0. The van der Waals surface area contributed by atoms with E-state index in [-0.39, 0.29) is 23.9 Å². The smallest absolute Gasteiger partial charge is 0.319 e. The predicted octanol–water partition coefficient (Wildman–Crippen LogP) is 1.75. The minimum Gasteiger partial charge on any atom is -0.338 e. The lowest BCUT2D eigenvalue weighted by Gasteiger charge is -2.17. The molecule has 2 rings (SSSR count). The molecule has 1 aliphatic heterocycles. The van der Waals surface area contributed by atoms with Crippen LogP contribution in [-0.4, -0.2) is 42.6 Å². The van der Waals surface area contributed by atoms with Crippen molar-refractivity contribution in [3.05, 3.63) is 30.1 Å². The van der Waals surface area contributed by atoms with Gasteiger partial charge in [0.2, 0.25) is 0 Å². The lowest BCUT2D eigenvalue weighted by atomic mass is 10.3. The summed E-state index contributed by atoms with van der Waals surface area (Å²) in [5.74, 6) is -0.352. The first-order valence-corrected chi connectivity index (χ1v) is 6.94. The molecule has 1 heterocycles. The quantitative estimate of drug-likeness (QED) is 0.794. The maximum Gasteiger partial charge on any atom is 0.319 e. The van der Waals surface area contributed by atoms with Gasteiger partial charge in [-0.3, -0.25) is 0 Å². The van der Waals surface area contributed by atoms with Crippen molar-refractivity contribution in [2.24, 2.45) is 0 Å². The van der Waals surface area contributed by atoms with E-state index < -0.39 is 0 Å². The minimum atomic E-state index is -0.357. The number of rotatable bonds is 3. The van der Waals surface area contributed by atoms with Gasteiger partial charge in [0.15, 0.2) is 0 Å². The third kappa shape index (κ3) is 4.34. The Hall–Kier alpha value is -2.31. The van der Waals surface area contributed by atoms with E-state index in [1.165, 1.54) is 24.3 Å². The zero-order valence-corrected chi connectivity index (χ0v) is 11.9. The monoisotopic (exact) mass is 294 g/mol. The Morgan fingerprint density at radius 2 is 2.05 bits per heavy atom. The van der Waals surface area contributed by atoms with Gasteiger partial charge >= 0.3 is 12.1 Å². The first-order valence-electron chi connectivity index (χ1n) is 6.94. The van der Waals surface area contributed by atoms with Crippen molar-refractivity contribution in [2.75, 3.05) is 25.0 Å². The molecule has 0 unspecified atom stereocenters. The number of anilines is 1. The van der Waals surface area contributed by atoms with Crippen LogP contribution in [0.1, 0.15) is 13.3 Å². The number of likely N-dealkylation sites (tertiary alicyclic amines) is 1. The minimum absolute atomic E-state index is 0.0759. The second-order valence-electron chi connectivity index (χ2n) is 4.87. The summed E-state index contributed by atoms with van der Waals surface area (Å²) in [5.41, 5.74) is 0.521. The number of amides is 4. The van der Waals surface area contributed by atoms with Gasteiger partial charge in [-0.1, -0.05) is 0 Å². The fraction of sp³-hybridized carbons (Fsp3) is 0.429. The van der Waals surface area contributed by atoms with Gasteiger partial charge in [-0.15, -0.1) is 0 Å². The average Bonchev–Trinajstić information content (AvgIpc) is 2.90. The molecule has 0 aliphatic carbocycles. The molecular formula is C14H19FN4O2. The highest BCUT2D eigenvalue weighted by Crippen LogP contribution is 2.11. The molecule has 21 heavy (non-hydrogen) atoms. The summed E-state index contributed by atoms with van der Waals surface area (Å²) >= 11 is 0. The van der Waals surface area contributed by atoms with E-state index >= 15 is 0 Å². The van der Waals surface area contributed by atoms with Crippen LogP contribution in [-0.2, 0) is 0 Å². The topological polar surface area (TPSA) is 73.5 Å². The van der Waals surface area contributed by atoms with Gasteiger partial charge in [-0.25, -0.2) is 14.0 Å². The molecule has 3 N–H and O–H groups in total. The number of hydrogen-bond acceptors (Lipinski definition) is 2. The lowest BCUT2D eigenvalue weighted by molar-refractivity contribution is 0.208. The molecule has 0 aromatic heterocycles. The van der Waals surface area contributed by atoms with Crippen molar-refractivity contribution >= 4 is 17.7 Å². The maximum absolute atomic E-state index is 12.8. The fourth-order valence-corrected chi connectivity index (χ4v) is 2.21.